The highest BCUT2D eigenvalue weighted by Gasteiger charge is 2.28. The third-order valence-electron chi connectivity index (χ3n) is 4.35. The Labute approximate surface area is 135 Å². The van der Waals surface area contributed by atoms with E-state index < -0.39 is 0 Å². The van der Waals surface area contributed by atoms with Crippen molar-refractivity contribution in [2.24, 2.45) is 0 Å². The number of hydrogen-bond donors (Lipinski definition) is 0. The van der Waals surface area contributed by atoms with Crippen LogP contribution >= 0.6 is 0 Å². The van der Waals surface area contributed by atoms with E-state index in [1.165, 1.54) is 0 Å². The van der Waals surface area contributed by atoms with Crippen LogP contribution in [0.4, 0.5) is 0 Å². The minimum absolute atomic E-state index is 0.447. The number of hydrogen-bond acceptors (Lipinski definition) is 3. The van der Waals surface area contributed by atoms with Gasteiger partial charge in [0.05, 0.1) is 28.0 Å². The zero-order valence-corrected chi connectivity index (χ0v) is 13.7. The molecule has 0 saturated heterocycles. The van der Waals surface area contributed by atoms with E-state index in [1.807, 2.05) is 24.3 Å². The molecule has 0 spiro atoms. The van der Waals surface area contributed by atoms with Crippen LogP contribution in [0, 0.1) is 17.0 Å². The molecule has 0 fully saturated rings. The van der Waals surface area contributed by atoms with Gasteiger partial charge in [-0.05, 0) is 56.9 Å². The fourth-order valence-electron chi connectivity index (χ4n) is 3.15. The molecule has 1 aromatic heterocycles. The Morgan fingerprint density at radius 2 is 1.91 bits per heavy atom. The Balaban J connectivity index is 2.06. The number of nitrogens with zero attached hydrogens (tertiary/aromatic N) is 2. The molecular formula is C18H22N2O3. The van der Waals surface area contributed by atoms with Crippen LogP contribution in [0.3, 0.4) is 0 Å². The average molecular weight is 314 g/mol. The van der Waals surface area contributed by atoms with Crippen LogP contribution in [0.15, 0.2) is 24.3 Å². The molecule has 0 saturated carbocycles. The molecule has 1 aliphatic carbocycles. The van der Waals surface area contributed by atoms with Crippen molar-refractivity contribution >= 4 is 0 Å². The minimum atomic E-state index is 0.447. The molecule has 1 aliphatic rings. The minimum Gasteiger partial charge on any atom is -0.805 e. The second kappa shape index (κ2) is 6.44. The molecule has 2 aromatic rings. The van der Waals surface area contributed by atoms with E-state index in [0.29, 0.717) is 42.2 Å². The highest BCUT2D eigenvalue weighted by molar-refractivity contribution is 5.60. The molecule has 23 heavy (non-hydrogen) atoms. The van der Waals surface area contributed by atoms with Crippen LogP contribution < -0.4 is 9.16 Å². The Bertz CT molecular complexity index is 763. The summed E-state index contributed by atoms with van der Waals surface area (Å²) in [5.74, 6) is 0.777. The standard InChI is InChI=1S/C18H22N2O3/c1-3-12-23-15-10-8-14(9-11-15)18-13(2)19(21)16-6-4-5-7-17(16)20(18)22/h8-11H,3-7,12H2,1-2H3. The van der Waals surface area contributed by atoms with E-state index in [0.717, 1.165) is 39.7 Å². The average Bonchev–Trinajstić information content (AvgIpc) is 2.59. The van der Waals surface area contributed by atoms with Gasteiger partial charge < -0.3 is 14.7 Å². The monoisotopic (exact) mass is 314 g/mol. The van der Waals surface area contributed by atoms with Crippen LogP contribution in [-0.4, -0.2) is 11.3 Å². The summed E-state index contributed by atoms with van der Waals surface area (Å²) in [5, 5.41) is 12.5. The van der Waals surface area contributed by atoms with Gasteiger partial charge in [0, 0.05) is 11.3 Å². The topological polar surface area (TPSA) is 60.2 Å². The van der Waals surface area contributed by atoms with Gasteiger partial charge in [-0.1, -0.05) is 6.92 Å². The van der Waals surface area contributed by atoms with E-state index in [4.69, 9.17) is 4.74 Å². The van der Waals surface area contributed by atoms with E-state index in [-0.39, 0.29) is 0 Å². The first-order valence-corrected chi connectivity index (χ1v) is 8.24. The molecule has 122 valence electrons. The summed E-state index contributed by atoms with van der Waals surface area (Å²) < 4.78 is 7.47. The van der Waals surface area contributed by atoms with Crippen molar-refractivity contribution in [2.45, 2.75) is 46.0 Å². The summed E-state index contributed by atoms with van der Waals surface area (Å²) in [5.41, 5.74) is 2.92. The number of fused-ring (bicyclic) bond motifs is 1. The lowest BCUT2D eigenvalue weighted by Crippen LogP contribution is -2.33. The maximum Gasteiger partial charge on any atom is 0.289 e. The zero-order valence-electron chi connectivity index (χ0n) is 13.7. The van der Waals surface area contributed by atoms with Gasteiger partial charge in [-0.15, -0.1) is 0 Å². The van der Waals surface area contributed by atoms with Crippen molar-refractivity contribution in [3.8, 4) is 17.0 Å². The highest BCUT2D eigenvalue weighted by atomic mass is 16.5. The van der Waals surface area contributed by atoms with Gasteiger partial charge >= 0.3 is 0 Å². The Kier molecular flexibility index (Phi) is 4.37. The first kappa shape index (κ1) is 15.6. The van der Waals surface area contributed by atoms with Crippen molar-refractivity contribution in [3.63, 3.8) is 0 Å². The molecule has 5 heteroatoms. The predicted molar refractivity (Wildman–Crippen MR) is 89.2 cm³/mol. The van der Waals surface area contributed by atoms with Crippen LogP contribution in [0.1, 0.15) is 43.3 Å². The highest BCUT2D eigenvalue weighted by Crippen LogP contribution is 2.26. The van der Waals surface area contributed by atoms with E-state index in [2.05, 4.69) is 6.92 Å². The maximum atomic E-state index is 12.8. The van der Waals surface area contributed by atoms with Crippen LogP contribution in [0.5, 0.6) is 5.75 Å². The van der Waals surface area contributed by atoms with Gasteiger partial charge in [0.25, 0.3) is 11.4 Å². The van der Waals surface area contributed by atoms with Crippen molar-refractivity contribution in [1.29, 1.82) is 0 Å². The lowest BCUT2D eigenvalue weighted by atomic mass is 9.99. The summed E-state index contributed by atoms with van der Waals surface area (Å²) in [4.78, 5) is 12.8. The van der Waals surface area contributed by atoms with Crippen molar-refractivity contribution in [1.82, 2.24) is 4.73 Å². The third kappa shape index (κ3) is 2.83. The molecule has 3 rings (SSSR count). The number of aromatic nitrogens is 2. The molecule has 0 radical (unpaired) electrons. The van der Waals surface area contributed by atoms with Crippen molar-refractivity contribution in [3.05, 3.63) is 51.5 Å². The van der Waals surface area contributed by atoms with E-state index in [1.54, 1.807) is 6.92 Å². The molecule has 0 unspecified atom stereocenters. The van der Waals surface area contributed by atoms with Gasteiger partial charge in [-0.2, -0.15) is 0 Å². The predicted octanol–water partition coefficient (Wildman–Crippen LogP) is 3.39. The summed E-state index contributed by atoms with van der Waals surface area (Å²) in [6.45, 7) is 4.44. The fraction of sp³-hybridized carbons (Fsp3) is 0.444. The van der Waals surface area contributed by atoms with Crippen molar-refractivity contribution in [2.75, 3.05) is 6.61 Å². The van der Waals surface area contributed by atoms with Gasteiger partial charge in [-0.25, -0.2) is 0 Å². The zero-order chi connectivity index (χ0) is 16.4. The normalized spacial score (nSPS) is 13.7. The SMILES string of the molecule is CCCOc1ccc(-c2c(C)n([O-])c3c([n+]2=O)CCCC3)cc1. The second-order valence-electron chi connectivity index (χ2n) is 6.00. The summed E-state index contributed by atoms with van der Waals surface area (Å²) in [7, 11) is 0. The molecule has 0 atom stereocenters. The van der Waals surface area contributed by atoms with Crippen LogP contribution in [-0.2, 0) is 12.8 Å². The maximum absolute atomic E-state index is 12.8. The molecule has 1 aromatic carbocycles. The number of benzene rings is 1. The van der Waals surface area contributed by atoms with Gasteiger partial charge in [-0.3, -0.25) is 0 Å². The fourth-order valence-corrected chi connectivity index (χ4v) is 3.15. The van der Waals surface area contributed by atoms with Gasteiger partial charge in [0.2, 0.25) is 0 Å². The largest absolute Gasteiger partial charge is 0.805 e. The molecule has 0 aliphatic heterocycles. The van der Waals surface area contributed by atoms with E-state index in [9.17, 15) is 10.1 Å². The molecule has 0 amide bonds. The van der Waals surface area contributed by atoms with Crippen molar-refractivity contribution < 1.29 is 9.16 Å². The summed E-state index contributed by atoms with van der Waals surface area (Å²) in [6.07, 6.45) is 4.24. The molecule has 5 nitrogen and oxygen atoms in total. The molecular weight excluding hydrogens is 292 g/mol. The first-order valence-electron chi connectivity index (χ1n) is 8.24. The lowest BCUT2D eigenvalue weighted by molar-refractivity contribution is -0.495. The van der Waals surface area contributed by atoms with Gasteiger partial charge in [0.15, 0.2) is 0 Å². The lowest BCUT2D eigenvalue weighted by Gasteiger charge is -2.23. The van der Waals surface area contributed by atoms with E-state index >= 15 is 0 Å². The number of rotatable bonds is 4. The Morgan fingerprint density at radius 3 is 2.61 bits per heavy atom. The third-order valence-corrected chi connectivity index (χ3v) is 4.35. The Morgan fingerprint density at radius 1 is 1.22 bits per heavy atom. The molecule has 0 N–H and O–H groups in total. The summed E-state index contributed by atoms with van der Waals surface area (Å²) >= 11 is 0. The first-order chi connectivity index (χ1) is 11.1. The quantitative estimate of drug-likeness (QED) is 0.813. The van der Waals surface area contributed by atoms with Gasteiger partial charge in [0.1, 0.15) is 5.75 Å². The van der Waals surface area contributed by atoms with Crippen LogP contribution in [0.25, 0.3) is 11.3 Å². The Hall–Kier alpha value is -2.30. The smallest absolute Gasteiger partial charge is 0.289 e. The number of ether oxygens (including phenoxy) is 1. The van der Waals surface area contributed by atoms with Crippen LogP contribution in [0.2, 0.25) is 0 Å². The molecule has 0 bridgehead atoms. The molecule has 1 heterocycles. The second-order valence-corrected chi connectivity index (χ2v) is 6.00. The summed E-state index contributed by atoms with van der Waals surface area (Å²) in [6, 6.07) is 7.38.